The van der Waals surface area contributed by atoms with E-state index in [1.807, 2.05) is 6.92 Å². The van der Waals surface area contributed by atoms with Crippen molar-refractivity contribution in [2.75, 3.05) is 18.0 Å². The molecule has 0 radical (unpaired) electrons. The first-order chi connectivity index (χ1) is 15.2. The largest absolute Gasteiger partial charge is 0.356 e. The number of piperidine rings is 1. The summed E-state index contributed by atoms with van der Waals surface area (Å²) in [5, 5.41) is 9.29. The summed E-state index contributed by atoms with van der Waals surface area (Å²) in [6, 6.07) is 9.90. The van der Waals surface area contributed by atoms with E-state index in [0.717, 1.165) is 48.2 Å². The number of hydrogen-bond acceptors (Lipinski definition) is 6. The summed E-state index contributed by atoms with van der Waals surface area (Å²) in [4.78, 5) is 12.0. The van der Waals surface area contributed by atoms with E-state index in [-0.39, 0.29) is 0 Å². The zero-order valence-corrected chi connectivity index (χ0v) is 18.7. The maximum atomic E-state index is 5.29. The number of benzene rings is 1. The molecule has 1 saturated heterocycles. The van der Waals surface area contributed by atoms with E-state index in [4.69, 9.17) is 9.51 Å². The van der Waals surface area contributed by atoms with Crippen LogP contribution in [0.3, 0.4) is 0 Å². The van der Waals surface area contributed by atoms with Gasteiger partial charge in [0.05, 0.1) is 11.1 Å². The third-order valence-electron chi connectivity index (χ3n) is 6.84. The summed E-state index contributed by atoms with van der Waals surface area (Å²) in [5.41, 5.74) is 3.20. The van der Waals surface area contributed by atoms with Gasteiger partial charge in [-0.3, -0.25) is 0 Å². The lowest BCUT2D eigenvalue weighted by Gasteiger charge is -2.36. The molecular weight excluding hydrogens is 386 g/mol. The summed E-state index contributed by atoms with van der Waals surface area (Å²) in [5.74, 6) is 2.18. The number of aryl methyl sites for hydroxylation is 2. The topological polar surface area (TPSA) is 67.1 Å². The summed E-state index contributed by atoms with van der Waals surface area (Å²) in [7, 11) is 0. The van der Waals surface area contributed by atoms with Gasteiger partial charge in [-0.15, -0.1) is 0 Å². The molecule has 0 unspecified atom stereocenters. The molecule has 6 heteroatoms. The second kappa shape index (κ2) is 8.95. The van der Waals surface area contributed by atoms with E-state index in [0.29, 0.717) is 23.8 Å². The first-order valence-corrected chi connectivity index (χ1v) is 11.9. The van der Waals surface area contributed by atoms with Crippen molar-refractivity contribution in [2.24, 2.45) is 0 Å². The zero-order chi connectivity index (χ0) is 21.2. The van der Waals surface area contributed by atoms with Crippen molar-refractivity contribution < 1.29 is 4.52 Å². The minimum Gasteiger partial charge on any atom is -0.356 e. The van der Waals surface area contributed by atoms with Crippen molar-refractivity contribution in [2.45, 2.75) is 77.3 Å². The average Bonchev–Trinajstić information content (AvgIpc) is 3.05. The monoisotopic (exact) mass is 419 g/mol. The maximum absolute atomic E-state index is 5.29. The molecule has 1 saturated carbocycles. The van der Waals surface area contributed by atoms with Crippen LogP contribution in [0, 0.1) is 13.8 Å². The Bertz CT molecular complexity index is 1030. The standard InChI is InChI=1S/C25H33N5O/c1-17-9-10-23-19(15-17)16-22(24-26-18(2)31-29-24)25(28-23)30-13-11-21(12-14-30)27-20-7-5-3-4-6-8-20/h9-10,15-16,20-21,27H,3-8,11-14H2,1-2H3. The fourth-order valence-corrected chi connectivity index (χ4v) is 5.14. The lowest BCUT2D eigenvalue weighted by atomic mass is 10.0. The van der Waals surface area contributed by atoms with E-state index in [9.17, 15) is 0 Å². The van der Waals surface area contributed by atoms with E-state index in [1.54, 1.807) is 0 Å². The van der Waals surface area contributed by atoms with Crippen LogP contribution in [0.1, 0.15) is 62.8 Å². The number of anilines is 1. The summed E-state index contributed by atoms with van der Waals surface area (Å²) < 4.78 is 5.29. The van der Waals surface area contributed by atoms with Crippen LogP contribution in [0.5, 0.6) is 0 Å². The molecule has 2 aromatic heterocycles. The van der Waals surface area contributed by atoms with E-state index >= 15 is 0 Å². The Kier molecular flexibility index (Phi) is 5.90. The van der Waals surface area contributed by atoms with Gasteiger partial charge in [0.15, 0.2) is 0 Å². The normalized spacial score (nSPS) is 19.1. The number of nitrogens with zero attached hydrogens (tertiary/aromatic N) is 4. The van der Waals surface area contributed by atoms with E-state index < -0.39 is 0 Å². The third kappa shape index (κ3) is 4.59. The Morgan fingerprint density at radius 1 is 0.903 bits per heavy atom. The Labute approximate surface area is 184 Å². The first-order valence-electron chi connectivity index (χ1n) is 11.9. The first kappa shape index (κ1) is 20.4. The van der Waals surface area contributed by atoms with Gasteiger partial charge < -0.3 is 14.7 Å². The van der Waals surface area contributed by atoms with Crippen molar-refractivity contribution in [1.29, 1.82) is 0 Å². The summed E-state index contributed by atoms with van der Waals surface area (Å²) in [6.45, 7) is 5.94. The number of fused-ring (bicyclic) bond motifs is 1. The minimum absolute atomic E-state index is 0.580. The van der Waals surface area contributed by atoms with Gasteiger partial charge >= 0.3 is 0 Å². The second-order valence-corrected chi connectivity index (χ2v) is 9.31. The maximum Gasteiger partial charge on any atom is 0.223 e. The van der Waals surface area contributed by atoms with Crippen LogP contribution < -0.4 is 10.2 Å². The fourth-order valence-electron chi connectivity index (χ4n) is 5.14. The lowest BCUT2D eigenvalue weighted by molar-refractivity contribution is 0.344. The molecule has 1 aliphatic heterocycles. The van der Waals surface area contributed by atoms with Crippen molar-refractivity contribution in [3.63, 3.8) is 0 Å². The predicted molar refractivity (Wildman–Crippen MR) is 124 cm³/mol. The van der Waals surface area contributed by atoms with Gasteiger partial charge in [-0.1, -0.05) is 42.5 Å². The van der Waals surface area contributed by atoms with Crippen molar-refractivity contribution in [3.8, 4) is 11.4 Å². The van der Waals surface area contributed by atoms with Crippen LogP contribution in [-0.4, -0.2) is 40.3 Å². The molecule has 1 N–H and O–H groups in total. The van der Waals surface area contributed by atoms with E-state index in [2.05, 4.69) is 51.5 Å². The van der Waals surface area contributed by atoms with Crippen LogP contribution in [0.4, 0.5) is 5.82 Å². The van der Waals surface area contributed by atoms with E-state index in [1.165, 1.54) is 44.1 Å². The molecule has 2 fully saturated rings. The highest BCUT2D eigenvalue weighted by atomic mass is 16.5. The fraction of sp³-hybridized carbons (Fsp3) is 0.560. The van der Waals surface area contributed by atoms with Gasteiger partial charge in [-0.2, -0.15) is 4.98 Å². The zero-order valence-electron chi connectivity index (χ0n) is 18.7. The smallest absolute Gasteiger partial charge is 0.223 e. The summed E-state index contributed by atoms with van der Waals surface area (Å²) >= 11 is 0. The molecule has 1 aliphatic carbocycles. The third-order valence-corrected chi connectivity index (χ3v) is 6.84. The molecule has 2 aliphatic rings. The van der Waals surface area contributed by atoms with Gasteiger partial charge in [-0.25, -0.2) is 4.98 Å². The number of aromatic nitrogens is 3. The van der Waals surface area contributed by atoms with Crippen LogP contribution in [0.25, 0.3) is 22.3 Å². The van der Waals surface area contributed by atoms with Gasteiger partial charge in [0, 0.05) is 37.5 Å². The predicted octanol–water partition coefficient (Wildman–Crippen LogP) is 5.18. The Morgan fingerprint density at radius 3 is 2.35 bits per heavy atom. The highest BCUT2D eigenvalue weighted by molar-refractivity contribution is 5.88. The quantitative estimate of drug-likeness (QED) is 0.588. The molecule has 3 heterocycles. The van der Waals surface area contributed by atoms with Gasteiger partial charge in [0.25, 0.3) is 0 Å². The molecule has 0 bridgehead atoms. The number of pyridine rings is 1. The van der Waals surface area contributed by atoms with Gasteiger partial charge in [0.1, 0.15) is 5.82 Å². The van der Waals surface area contributed by atoms with Crippen molar-refractivity contribution >= 4 is 16.7 Å². The molecular formula is C25H33N5O. The van der Waals surface area contributed by atoms with Crippen LogP contribution in [0.2, 0.25) is 0 Å². The lowest BCUT2D eigenvalue weighted by Crippen LogP contribution is -2.46. The highest BCUT2D eigenvalue weighted by Crippen LogP contribution is 2.33. The highest BCUT2D eigenvalue weighted by Gasteiger charge is 2.26. The summed E-state index contributed by atoms with van der Waals surface area (Å²) in [6.07, 6.45) is 10.5. The molecule has 164 valence electrons. The molecule has 31 heavy (non-hydrogen) atoms. The number of rotatable bonds is 4. The molecule has 3 aromatic rings. The SMILES string of the molecule is Cc1ccc2nc(N3CCC(NC4CCCCCC4)CC3)c(-c3noc(C)n3)cc2c1. The van der Waals surface area contributed by atoms with Gasteiger partial charge in [-0.05, 0) is 50.8 Å². The average molecular weight is 420 g/mol. The minimum atomic E-state index is 0.580. The second-order valence-electron chi connectivity index (χ2n) is 9.31. The Morgan fingerprint density at radius 2 is 1.65 bits per heavy atom. The molecule has 5 rings (SSSR count). The van der Waals surface area contributed by atoms with Crippen LogP contribution in [-0.2, 0) is 0 Å². The molecule has 0 atom stereocenters. The number of hydrogen-bond donors (Lipinski definition) is 1. The Hall–Kier alpha value is -2.47. The molecule has 1 aromatic carbocycles. The van der Waals surface area contributed by atoms with Crippen LogP contribution in [0.15, 0.2) is 28.8 Å². The number of nitrogens with one attached hydrogen (secondary N) is 1. The molecule has 0 amide bonds. The van der Waals surface area contributed by atoms with Crippen LogP contribution >= 0.6 is 0 Å². The van der Waals surface area contributed by atoms with Crippen molar-refractivity contribution in [3.05, 3.63) is 35.7 Å². The molecule has 0 spiro atoms. The van der Waals surface area contributed by atoms with Crippen molar-refractivity contribution in [1.82, 2.24) is 20.4 Å². The van der Waals surface area contributed by atoms with Gasteiger partial charge in [0.2, 0.25) is 11.7 Å². The Balaban J connectivity index is 1.37. The molecule has 6 nitrogen and oxygen atoms in total.